The number of amides is 1. The number of carbonyl (C=O) groups is 1. The van der Waals surface area contributed by atoms with Crippen molar-refractivity contribution in [3.63, 3.8) is 0 Å². The van der Waals surface area contributed by atoms with E-state index in [0.717, 1.165) is 17.4 Å². The Balaban J connectivity index is 1.76. The average molecular weight is 563 g/mol. The number of piperidine rings is 1. The summed E-state index contributed by atoms with van der Waals surface area (Å²) in [5.41, 5.74) is -0.628. The number of hydrogen-bond acceptors (Lipinski definition) is 9. The number of carbonyl (C=O) groups excluding carboxylic acids is 1. The predicted octanol–water partition coefficient (Wildman–Crippen LogP) is 1.74. The van der Waals surface area contributed by atoms with E-state index in [-0.39, 0.29) is 41.7 Å². The van der Waals surface area contributed by atoms with Gasteiger partial charge in [-0.2, -0.15) is 10.2 Å². The summed E-state index contributed by atoms with van der Waals surface area (Å²) in [7, 11) is 2.95. The number of methoxy groups -OCH3 is 1. The summed E-state index contributed by atoms with van der Waals surface area (Å²) < 4.78 is 14.7. The van der Waals surface area contributed by atoms with Crippen molar-refractivity contribution in [2.24, 2.45) is 7.05 Å². The van der Waals surface area contributed by atoms with Gasteiger partial charge < -0.3 is 19.7 Å². The third-order valence-corrected chi connectivity index (χ3v) is 6.60. The Bertz CT molecular complexity index is 1690. The molecule has 1 aliphatic rings. The van der Waals surface area contributed by atoms with Crippen molar-refractivity contribution >= 4 is 23.2 Å². The van der Waals surface area contributed by atoms with Gasteiger partial charge in [-0.05, 0) is 52.7 Å². The summed E-state index contributed by atoms with van der Waals surface area (Å²) >= 11 is 0. The van der Waals surface area contributed by atoms with E-state index < -0.39 is 22.9 Å². The first kappa shape index (κ1) is 29.2. The summed E-state index contributed by atoms with van der Waals surface area (Å²) in [5.74, 6) is 6.47. The van der Waals surface area contributed by atoms with Gasteiger partial charge in [-0.25, -0.2) is 14.6 Å². The van der Waals surface area contributed by atoms with Gasteiger partial charge in [0.2, 0.25) is 11.8 Å². The topological polar surface area (TPSA) is 149 Å². The largest absolute Gasteiger partial charge is 0.480 e. The van der Waals surface area contributed by atoms with Crippen LogP contribution in [0.3, 0.4) is 0 Å². The molecule has 0 bridgehead atoms. The third kappa shape index (κ3) is 6.19. The number of rotatable bonds is 6. The number of anilines is 1. The molecule has 3 aromatic rings. The van der Waals surface area contributed by atoms with Crippen LogP contribution >= 0.6 is 0 Å². The van der Waals surface area contributed by atoms with Gasteiger partial charge in [-0.3, -0.25) is 18.5 Å². The Morgan fingerprint density at radius 3 is 2.63 bits per heavy atom. The fraction of sp³-hybridized carbons (Fsp3) is 0.500. The van der Waals surface area contributed by atoms with Crippen LogP contribution in [-0.2, 0) is 24.9 Å². The number of nitrogens with one attached hydrogen (secondary N) is 1. The van der Waals surface area contributed by atoms with E-state index in [4.69, 9.17) is 14.5 Å². The van der Waals surface area contributed by atoms with Crippen LogP contribution in [-0.4, -0.2) is 61.6 Å². The van der Waals surface area contributed by atoms with E-state index in [2.05, 4.69) is 22.1 Å². The molecule has 4 rings (SSSR count). The van der Waals surface area contributed by atoms with Crippen LogP contribution in [0.2, 0.25) is 0 Å². The van der Waals surface area contributed by atoms with Gasteiger partial charge in [0.1, 0.15) is 17.2 Å². The lowest BCUT2D eigenvalue weighted by molar-refractivity contribution is 0.0499. The fourth-order valence-electron chi connectivity index (χ4n) is 4.77. The molecule has 3 aromatic heterocycles. The molecule has 1 amide bonds. The number of fused-ring (bicyclic) bond motifs is 1. The molecule has 1 saturated heterocycles. The lowest BCUT2D eigenvalue weighted by Crippen LogP contribution is -2.49. The molecule has 0 saturated carbocycles. The number of nitriles is 1. The Kier molecular flexibility index (Phi) is 8.38. The molecule has 0 aromatic carbocycles. The molecule has 41 heavy (non-hydrogen) atoms. The zero-order valence-electron chi connectivity index (χ0n) is 24.1. The first-order chi connectivity index (χ1) is 19.5. The molecule has 13 heteroatoms. The number of aromatic nitrogens is 5. The second-order valence-electron chi connectivity index (χ2n) is 10.7. The number of pyridine rings is 1. The molecule has 1 N–H and O–H groups in total. The summed E-state index contributed by atoms with van der Waals surface area (Å²) in [6.07, 6.45) is 1.04. The minimum atomic E-state index is -0.617. The number of aryl methyl sites for hydroxylation is 1. The summed E-state index contributed by atoms with van der Waals surface area (Å²) in [6.45, 7) is 8.27. The Morgan fingerprint density at radius 1 is 1.22 bits per heavy atom. The lowest BCUT2D eigenvalue weighted by Gasteiger charge is -2.34. The van der Waals surface area contributed by atoms with E-state index in [1.165, 1.54) is 17.7 Å². The van der Waals surface area contributed by atoms with Gasteiger partial charge in [-0.1, -0.05) is 5.92 Å². The molecule has 216 valence electrons. The molecule has 0 spiro atoms. The van der Waals surface area contributed by atoms with Crippen LogP contribution in [0, 0.1) is 23.2 Å². The zero-order valence-corrected chi connectivity index (χ0v) is 24.1. The van der Waals surface area contributed by atoms with Gasteiger partial charge in [0, 0.05) is 26.2 Å². The maximum absolute atomic E-state index is 13.8. The number of imidazole rings is 1. The van der Waals surface area contributed by atoms with Gasteiger partial charge >= 0.3 is 11.8 Å². The number of alkyl carbamates (subject to hydrolysis) is 1. The molecule has 1 fully saturated rings. The SMILES string of the molecule is CC#CCn1c(N2CCC[C@@H](NC(=O)OC(C)(C)C)C2)nc2c1c(=O)n(Cc1ccc(C#N)c(OC)n1)c(=O)n2C. The van der Waals surface area contributed by atoms with E-state index >= 15 is 0 Å². The van der Waals surface area contributed by atoms with Crippen LogP contribution < -0.4 is 26.2 Å². The van der Waals surface area contributed by atoms with Gasteiger partial charge in [0.05, 0.1) is 25.9 Å². The van der Waals surface area contributed by atoms with E-state index in [1.807, 2.05) is 31.7 Å². The molecule has 0 aliphatic carbocycles. The maximum Gasteiger partial charge on any atom is 0.407 e. The second kappa shape index (κ2) is 11.8. The molecular weight excluding hydrogens is 528 g/mol. The Hall–Kier alpha value is -4.78. The van der Waals surface area contributed by atoms with Crippen LogP contribution in [0.15, 0.2) is 21.7 Å². The van der Waals surface area contributed by atoms with Crippen molar-refractivity contribution in [2.75, 3.05) is 25.1 Å². The first-order valence-corrected chi connectivity index (χ1v) is 13.3. The molecule has 4 heterocycles. The maximum atomic E-state index is 13.8. The average Bonchev–Trinajstić information content (AvgIpc) is 3.31. The van der Waals surface area contributed by atoms with Gasteiger partial charge in [0.25, 0.3) is 5.56 Å². The molecule has 13 nitrogen and oxygen atoms in total. The lowest BCUT2D eigenvalue weighted by atomic mass is 10.1. The fourth-order valence-corrected chi connectivity index (χ4v) is 4.77. The summed E-state index contributed by atoms with van der Waals surface area (Å²) in [6, 6.07) is 4.92. The van der Waals surface area contributed by atoms with E-state index in [1.54, 1.807) is 24.6 Å². The minimum absolute atomic E-state index is 0.112. The highest BCUT2D eigenvalue weighted by Gasteiger charge is 2.29. The monoisotopic (exact) mass is 562 g/mol. The summed E-state index contributed by atoms with van der Waals surface area (Å²) in [4.78, 5) is 50.6. The van der Waals surface area contributed by atoms with Crippen molar-refractivity contribution in [3.8, 4) is 23.8 Å². The molecule has 0 radical (unpaired) electrons. The zero-order chi connectivity index (χ0) is 29.9. The standard InChI is InChI=1S/C28H34N8O5/c1-7-8-14-35-21-22(32-25(35)34-13-9-10-19(16-34)31-26(38)41-28(2,3)4)33(5)27(39)36(24(21)37)17-20-12-11-18(15-29)23(30-20)40-6/h11-12,19H,9-10,13-14,16-17H2,1-6H3,(H,31,38)/t19-/m1/s1. The van der Waals surface area contributed by atoms with Crippen LogP contribution in [0.5, 0.6) is 5.88 Å². The Labute approximate surface area is 237 Å². The second-order valence-corrected chi connectivity index (χ2v) is 10.7. The quantitative estimate of drug-likeness (QED) is 0.443. The van der Waals surface area contributed by atoms with Gasteiger partial charge in [-0.15, -0.1) is 5.92 Å². The number of ether oxygens (including phenoxy) is 2. The minimum Gasteiger partial charge on any atom is -0.480 e. The highest BCUT2D eigenvalue weighted by Crippen LogP contribution is 2.24. The van der Waals surface area contributed by atoms with Crippen molar-refractivity contribution in [2.45, 2.75) is 65.3 Å². The van der Waals surface area contributed by atoms with Crippen LogP contribution in [0.25, 0.3) is 11.2 Å². The van der Waals surface area contributed by atoms with Crippen LogP contribution in [0.1, 0.15) is 51.8 Å². The smallest absolute Gasteiger partial charge is 0.407 e. The number of hydrogen-bond donors (Lipinski definition) is 1. The third-order valence-electron chi connectivity index (χ3n) is 6.60. The van der Waals surface area contributed by atoms with Crippen molar-refractivity contribution < 1.29 is 14.3 Å². The molecular formula is C28H34N8O5. The normalized spacial score (nSPS) is 15.1. The first-order valence-electron chi connectivity index (χ1n) is 13.3. The van der Waals surface area contributed by atoms with E-state index in [9.17, 15) is 19.6 Å². The van der Waals surface area contributed by atoms with Crippen molar-refractivity contribution in [1.82, 2.24) is 29.0 Å². The Morgan fingerprint density at radius 2 is 1.98 bits per heavy atom. The molecule has 1 aliphatic heterocycles. The highest BCUT2D eigenvalue weighted by molar-refractivity contribution is 5.75. The molecule has 0 unspecified atom stereocenters. The van der Waals surface area contributed by atoms with Gasteiger partial charge in [0.15, 0.2) is 11.2 Å². The van der Waals surface area contributed by atoms with Crippen LogP contribution in [0.4, 0.5) is 10.7 Å². The number of nitrogens with zero attached hydrogens (tertiary/aromatic N) is 7. The van der Waals surface area contributed by atoms with E-state index in [0.29, 0.717) is 24.7 Å². The highest BCUT2D eigenvalue weighted by atomic mass is 16.6. The predicted molar refractivity (Wildman–Crippen MR) is 152 cm³/mol. The van der Waals surface area contributed by atoms with Crippen molar-refractivity contribution in [1.29, 1.82) is 5.26 Å². The van der Waals surface area contributed by atoms with Crippen molar-refractivity contribution in [3.05, 3.63) is 44.2 Å². The summed E-state index contributed by atoms with van der Waals surface area (Å²) in [5, 5.41) is 12.2. The molecule has 1 atom stereocenters.